The maximum absolute atomic E-state index is 12.9. The first-order chi connectivity index (χ1) is 19.0. The van der Waals surface area contributed by atoms with Crippen LogP contribution >= 0.6 is 23.1 Å². The zero-order chi connectivity index (χ0) is 30.4. The van der Waals surface area contributed by atoms with Crippen molar-refractivity contribution < 1.29 is 19.1 Å². The molecule has 2 aromatic rings. The fraction of sp³-hybridized carbons (Fsp3) is 0.548. The lowest BCUT2D eigenvalue weighted by Gasteiger charge is -2.41. The molecule has 41 heavy (non-hydrogen) atoms. The van der Waals surface area contributed by atoms with Crippen LogP contribution in [-0.2, 0) is 17.3 Å². The summed E-state index contributed by atoms with van der Waals surface area (Å²) in [6.07, 6.45) is 2.28. The Morgan fingerprint density at radius 3 is 2.49 bits per heavy atom. The van der Waals surface area contributed by atoms with E-state index in [1.807, 2.05) is 11.1 Å². The van der Waals surface area contributed by atoms with Crippen molar-refractivity contribution in [3.05, 3.63) is 57.3 Å². The van der Waals surface area contributed by atoms with Gasteiger partial charge in [-0.25, -0.2) is 9.80 Å². The molecule has 3 rings (SSSR count). The normalized spacial score (nSPS) is 15.9. The van der Waals surface area contributed by atoms with Gasteiger partial charge in [0, 0.05) is 42.2 Å². The van der Waals surface area contributed by atoms with E-state index in [0.717, 1.165) is 42.1 Å². The predicted molar refractivity (Wildman–Crippen MR) is 178 cm³/mol. The molecule has 1 aromatic carbocycles. The minimum Gasteiger partial charge on any atom is -0.477 e. The number of hydrogen-bond acceptors (Lipinski definition) is 6. The summed E-state index contributed by atoms with van der Waals surface area (Å²) in [6, 6.07) is 12.0. The minimum atomic E-state index is -2.03. The van der Waals surface area contributed by atoms with Gasteiger partial charge in [0.2, 0.25) is 0 Å². The van der Waals surface area contributed by atoms with Gasteiger partial charge >= 0.3 is 5.97 Å². The summed E-state index contributed by atoms with van der Waals surface area (Å²) < 4.78 is 6.99. The molecule has 0 bridgehead atoms. The monoisotopic (exact) mass is 630 g/mol. The molecule has 1 atom stereocenters. The molecule has 1 aliphatic rings. The van der Waals surface area contributed by atoms with E-state index in [-0.39, 0.29) is 16.4 Å². The molecule has 0 saturated carbocycles. The van der Waals surface area contributed by atoms with Gasteiger partial charge in [0.15, 0.2) is 8.32 Å². The summed E-state index contributed by atoms with van der Waals surface area (Å²) in [7, 11) is -3.50. The molecule has 0 aliphatic carbocycles. The van der Waals surface area contributed by atoms with Gasteiger partial charge in [-0.3, -0.25) is 9.80 Å². The molecule has 224 valence electrons. The number of benzene rings is 1. The van der Waals surface area contributed by atoms with Crippen molar-refractivity contribution in [1.82, 2.24) is 10.0 Å². The highest BCUT2D eigenvalue weighted by molar-refractivity contribution is 8.13. The molecule has 1 aromatic heterocycles. The van der Waals surface area contributed by atoms with Crippen molar-refractivity contribution in [2.75, 3.05) is 25.4 Å². The van der Waals surface area contributed by atoms with Gasteiger partial charge in [-0.1, -0.05) is 70.2 Å². The SMILES string of the molecule is CC(C)(C)[Si](C)(C)OC(CCN1CCSC(=O)N1CCc1ccc(C(=O)O)s1)Cc1cccc(C#C[Si](C)(C)C)c1. The molecule has 1 aliphatic heterocycles. The van der Waals surface area contributed by atoms with Crippen molar-refractivity contribution >= 4 is 50.7 Å². The van der Waals surface area contributed by atoms with Crippen molar-refractivity contribution in [3.8, 4) is 11.5 Å². The minimum absolute atomic E-state index is 0.0260. The first-order valence-electron chi connectivity index (χ1n) is 14.4. The van der Waals surface area contributed by atoms with E-state index in [2.05, 4.69) is 94.2 Å². The van der Waals surface area contributed by atoms with Gasteiger partial charge in [0.1, 0.15) is 13.0 Å². The number of hydrazine groups is 1. The lowest BCUT2D eigenvalue weighted by Crippen LogP contribution is -2.51. The quantitative estimate of drug-likeness (QED) is 0.203. The maximum atomic E-state index is 12.9. The Bertz CT molecular complexity index is 1270. The largest absolute Gasteiger partial charge is 0.477 e. The van der Waals surface area contributed by atoms with Crippen molar-refractivity contribution in [2.24, 2.45) is 0 Å². The molecule has 1 fully saturated rings. The van der Waals surface area contributed by atoms with Gasteiger partial charge in [-0.05, 0) is 60.8 Å². The average molecular weight is 631 g/mol. The Morgan fingerprint density at radius 1 is 1.12 bits per heavy atom. The predicted octanol–water partition coefficient (Wildman–Crippen LogP) is 7.63. The van der Waals surface area contributed by atoms with Gasteiger partial charge in [-0.2, -0.15) is 0 Å². The number of amides is 1. The summed E-state index contributed by atoms with van der Waals surface area (Å²) >= 11 is 2.63. The van der Waals surface area contributed by atoms with Crippen LogP contribution in [0.3, 0.4) is 0 Å². The van der Waals surface area contributed by atoms with Crippen LogP contribution in [0.5, 0.6) is 0 Å². The number of rotatable bonds is 11. The Labute approximate surface area is 257 Å². The lowest BCUT2D eigenvalue weighted by molar-refractivity contribution is 0.0161. The van der Waals surface area contributed by atoms with Crippen LogP contribution in [-0.4, -0.2) is 74.2 Å². The Balaban J connectivity index is 1.75. The summed E-state index contributed by atoms with van der Waals surface area (Å²) in [5.74, 6) is 3.25. The van der Waals surface area contributed by atoms with E-state index in [1.54, 1.807) is 6.07 Å². The first kappa shape index (κ1) is 33.6. The van der Waals surface area contributed by atoms with Crippen molar-refractivity contribution in [3.63, 3.8) is 0 Å². The van der Waals surface area contributed by atoms with Crippen molar-refractivity contribution in [1.29, 1.82) is 0 Å². The summed E-state index contributed by atoms with van der Waals surface area (Å²) in [5.41, 5.74) is 5.76. The van der Waals surface area contributed by atoms with E-state index in [0.29, 0.717) is 17.8 Å². The molecule has 1 amide bonds. The van der Waals surface area contributed by atoms with Crippen LogP contribution in [0, 0.1) is 11.5 Å². The van der Waals surface area contributed by atoms with Crippen molar-refractivity contribution in [2.45, 2.75) is 83.9 Å². The van der Waals surface area contributed by atoms with E-state index in [4.69, 9.17) is 4.43 Å². The second kappa shape index (κ2) is 14.1. The number of carbonyl (C=O) groups is 2. The summed E-state index contributed by atoms with van der Waals surface area (Å²) in [4.78, 5) is 25.5. The number of aromatic carboxylic acids is 1. The van der Waals surface area contributed by atoms with E-state index < -0.39 is 22.4 Å². The molecule has 2 heterocycles. The van der Waals surface area contributed by atoms with Gasteiger partial charge < -0.3 is 9.53 Å². The Kier molecular flexibility index (Phi) is 11.5. The van der Waals surface area contributed by atoms with E-state index in [1.165, 1.54) is 28.7 Å². The summed E-state index contributed by atoms with van der Waals surface area (Å²) in [5, 5.41) is 13.4. The molecule has 1 unspecified atom stereocenters. The van der Waals surface area contributed by atoms with Crippen LogP contribution in [0.2, 0.25) is 37.8 Å². The Hall–Kier alpha value is -1.88. The van der Waals surface area contributed by atoms with Gasteiger partial charge in [-0.15, -0.1) is 16.9 Å². The maximum Gasteiger partial charge on any atom is 0.345 e. The third-order valence-corrected chi connectivity index (χ3v) is 14.9. The highest BCUT2D eigenvalue weighted by atomic mass is 32.2. The second-order valence-electron chi connectivity index (χ2n) is 13.2. The highest BCUT2D eigenvalue weighted by Gasteiger charge is 2.39. The zero-order valence-electron chi connectivity index (χ0n) is 25.9. The Morgan fingerprint density at radius 2 is 1.85 bits per heavy atom. The van der Waals surface area contributed by atoms with Gasteiger partial charge in [0.05, 0.1) is 6.10 Å². The summed E-state index contributed by atoms with van der Waals surface area (Å²) in [6.45, 7) is 20.3. The standard InChI is InChI=1S/C31H46N2O4S2Si2/c1-31(2,3)41(7,8)37-26(23-25-11-9-10-24(22-25)16-21-40(4,5)6)14-17-32-19-20-38-30(36)33(32)18-15-27-12-13-28(39-27)29(34)35/h9-13,22,26H,14-15,17-20,23H2,1-8H3,(H,34,35). The fourth-order valence-corrected chi connectivity index (χ4v) is 7.82. The molecule has 0 radical (unpaired) electrons. The first-order valence-corrected chi connectivity index (χ1v) is 22.6. The molecule has 0 spiro atoms. The molecular weight excluding hydrogens is 585 g/mol. The number of carboxylic acid groups (broad SMARTS) is 1. The number of thiophene rings is 1. The second-order valence-corrected chi connectivity index (χ2v) is 24.9. The third-order valence-electron chi connectivity index (χ3n) is 7.52. The number of carboxylic acids is 1. The molecular formula is C31H46N2O4S2Si2. The molecule has 1 N–H and O–H groups in total. The molecule has 10 heteroatoms. The van der Waals surface area contributed by atoms with Crippen LogP contribution in [0.1, 0.15) is 52.9 Å². The topological polar surface area (TPSA) is 70.1 Å². The van der Waals surface area contributed by atoms with E-state index in [9.17, 15) is 14.7 Å². The number of hydrogen-bond donors (Lipinski definition) is 1. The van der Waals surface area contributed by atoms with Gasteiger partial charge in [0.25, 0.3) is 5.24 Å². The molecule has 1 saturated heterocycles. The third kappa shape index (κ3) is 10.4. The van der Waals surface area contributed by atoms with Crippen LogP contribution in [0.25, 0.3) is 0 Å². The van der Waals surface area contributed by atoms with Crippen LogP contribution < -0.4 is 0 Å². The van der Waals surface area contributed by atoms with Crippen LogP contribution in [0.4, 0.5) is 4.79 Å². The number of thioether (sulfide) groups is 1. The molecule has 6 nitrogen and oxygen atoms in total. The average Bonchev–Trinajstić information content (AvgIpc) is 3.34. The number of nitrogens with zero attached hydrogens (tertiary/aromatic N) is 2. The van der Waals surface area contributed by atoms with E-state index >= 15 is 0 Å². The zero-order valence-corrected chi connectivity index (χ0v) is 29.5. The highest BCUT2D eigenvalue weighted by Crippen LogP contribution is 2.38. The fourth-order valence-electron chi connectivity index (χ4n) is 4.25. The smallest absolute Gasteiger partial charge is 0.345 e. The number of carbonyl (C=O) groups excluding carboxylic acids is 1. The lowest BCUT2D eigenvalue weighted by atomic mass is 10.0. The van der Waals surface area contributed by atoms with Crippen LogP contribution in [0.15, 0.2) is 36.4 Å².